The van der Waals surface area contributed by atoms with Gasteiger partial charge in [0.15, 0.2) is 17.5 Å². The van der Waals surface area contributed by atoms with Gasteiger partial charge in [-0.1, -0.05) is 140 Å². The molecule has 47 heavy (non-hydrogen) atoms. The van der Waals surface area contributed by atoms with Crippen LogP contribution in [-0.2, 0) is 0 Å². The van der Waals surface area contributed by atoms with Crippen LogP contribution in [0.25, 0.3) is 97.4 Å². The molecule has 0 aliphatic carbocycles. The third-order valence-corrected chi connectivity index (χ3v) is 10.4. The molecule has 0 saturated heterocycles. The SMILES string of the molecule is c1ccc(-c2nc(-c3ccc4c(c3)sc3ccccc34)nc(-c3cccc4ccc5c6ccc7ccccc7c6ccc5c34)n2)cc1. The molecule has 0 atom stereocenters. The van der Waals surface area contributed by atoms with Gasteiger partial charge in [-0.2, -0.15) is 0 Å². The monoisotopic (exact) mass is 615 g/mol. The lowest BCUT2D eigenvalue weighted by Crippen LogP contribution is -2.00. The smallest absolute Gasteiger partial charge is 0.164 e. The molecule has 0 fully saturated rings. The zero-order chi connectivity index (χ0) is 30.9. The summed E-state index contributed by atoms with van der Waals surface area (Å²) in [6.07, 6.45) is 0. The summed E-state index contributed by atoms with van der Waals surface area (Å²) in [5.74, 6) is 2.00. The fourth-order valence-corrected chi connectivity index (χ4v) is 8.23. The van der Waals surface area contributed by atoms with E-state index in [4.69, 9.17) is 15.0 Å². The highest BCUT2D eigenvalue weighted by Crippen LogP contribution is 2.40. The summed E-state index contributed by atoms with van der Waals surface area (Å²) in [5.41, 5.74) is 2.94. The lowest BCUT2D eigenvalue weighted by Gasteiger charge is -2.14. The zero-order valence-electron chi connectivity index (χ0n) is 25.2. The predicted octanol–water partition coefficient (Wildman–Crippen LogP) is 11.9. The van der Waals surface area contributed by atoms with Crippen molar-refractivity contribution in [2.45, 2.75) is 0 Å². The van der Waals surface area contributed by atoms with Crippen molar-refractivity contribution in [2.24, 2.45) is 0 Å². The fraction of sp³-hybridized carbons (Fsp3) is 0. The molecule has 218 valence electrons. The normalized spacial score (nSPS) is 11.8. The molecule has 0 spiro atoms. The molecular formula is C43H25N3S. The number of thiophene rings is 1. The van der Waals surface area contributed by atoms with Gasteiger partial charge in [0.2, 0.25) is 0 Å². The second-order valence-electron chi connectivity index (χ2n) is 12.0. The van der Waals surface area contributed by atoms with Crippen molar-refractivity contribution in [1.29, 1.82) is 0 Å². The Kier molecular flexibility index (Phi) is 5.74. The summed E-state index contributed by atoms with van der Waals surface area (Å²) in [7, 11) is 0. The quantitative estimate of drug-likeness (QED) is 0.186. The summed E-state index contributed by atoms with van der Waals surface area (Å²) in [4.78, 5) is 15.4. The lowest BCUT2D eigenvalue weighted by molar-refractivity contribution is 1.08. The zero-order valence-corrected chi connectivity index (χ0v) is 26.0. The van der Waals surface area contributed by atoms with Crippen molar-refractivity contribution in [3.63, 3.8) is 0 Å². The number of benzene rings is 8. The number of rotatable bonds is 3. The van der Waals surface area contributed by atoms with E-state index in [9.17, 15) is 0 Å². The average molecular weight is 616 g/mol. The molecule has 4 heteroatoms. The van der Waals surface area contributed by atoms with E-state index in [2.05, 4.69) is 133 Å². The Balaban J connectivity index is 1.23. The Hall–Kier alpha value is -5.97. The van der Waals surface area contributed by atoms with Gasteiger partial charge in [-0.3, -0.25) is 0 Å². The fourth-order valence-electron chi connectivity index (χ4n) is 7.09. The molecule has 0 unspecified atom stereocenters. The maximum Gasteiger partial charge on any atom is 0.164 e. The molecule has 10 rings (SSSR count). The third kappa shape index (κ3) is 4.16. The van der Waals surface area contributed by atoms with Crippen molar-refractivity contribution in [1.82, 2.24) is 15.0 Å². The maximum absolute atomic E-state index is 5.20. The van der Waals surface area contributed by atoms with Crippen LogP contribution in [0.15, 0.2) is 152 Å². The van der Waals surface area contributed by atoms with Crippen LogP contribution in [0.5, 0.6) is 0 Å². The third-order valence-electron chi connectivity index (χ3n) is 9.31. The largest absolute Gasteiger partial charge is 0.208 e. The van der Waals surface area contributed by atoms with E-state index in [1.54, 1.807) is 11.3 Å². The van der Waals surface area contributed by atoms with E-state index < -0.39 is 0 Å². The summed E-state index contributed by atoms with van der Waals surface area (Å²) >= 11 is 1.81. The van der Waals surface area contributed by atoms with Gasteiger partial charge < -0.3 is 0 Å². The summed E-state index contributed by atoms with van der Waals surface area (Å²) in [6.45, 7) is 0. The van der Waals surface area contributed by atoms with E-state index in [-0.39, 0.29) is 0 Å². The molecular weight excluding hydrogens is 591 g/mol. The van der Waals surface area contributed by atoms with Crippen molar-refractivity contribution in [3.05, 3.63) is 152 Å². The van der Waals surface area contributed by atoms with Gasteiger partial charge in [0.1, 0.15) is 0 Å². The Morgan fingerprint density at radius 3 is 1.83 bits per heavy atom. The standard InChI is InChI=1S/C43H25N3S/c1-2-10-28(11-3-1)41-44-42(29-19-22-35-34-14-6-7-16-38(34)47-39(35)25-29)46-43(45-41)37-15-8-12-27-18-21-33-32-20-17-26-9-4-5-13-30(26)31(32)23-24-36(33)40(27)37/h1-25H. The molecule has 0 aliphatic rings. The van der Waals surface area contributed by atoms with Gasteiger partial charge in [-0.05, 0) is 49.8 Å². The van der Waals surface area contributed by atoms with Crippen LogP contribution in [0.4, 0.5) is 0 Å². The number of nitrogens with zero attached hydrogens (tertiary/aromatic N) is 3. The Morgan fingerprint density at radius 2 is 0.936 bits per heavy atom. The summed E-state index contributed by atoms with van der Waals surface area (Å²) < 4.78 is 2.51. The van der Waals surface area contributed by atoms with Crippen LogP contribution in [0.2, 0.25) is 0 Å². The molecule has 3 nitrogen and oxygen atoms in total. The molecule has 10 aromatic rings. The molecule has 0 saturated carbocycles. The number of hydrogen-bond acceptors (Lipinski definition) is 4. The molecule has 8 aromatic carbocycles. The molecule has 0 amide bonds. The van der Waals surface area contributed by atoms with E-state index in [1.807, 2.05) is 18.2 Å². The van der Waals surface area contributed by atoms with Gasteiger partial charge in [0.25, 0.3) is 0 Å². The van der Waals surface area contributed by atoms with Crippen LogP contribution in [-0.4, -0.2) is 15.0 Å². The second kappa shape index (κ2) is 10.3. The first kappa shape index (κ1) is 26.3. The Bertz CT molecular complexity index is 2850. The highest BCUT2D eigenvalue weighted by atomic mass is 32.1. The molecule has 0 radical (unpaired) electrons. The lowest BCUT2D eigenvalue weighted by atomic mass is 9.92. The van der Waals surface area contributed by atoms with Gasteiger partial charge in [0.05, 0.1) is 0 Å². The molecule has 2 aromatic heterocycles. The Labute approximate surface area is 274 Å². The van der Waals surface area contributed by atoms with Crippen molar-refractivity contribution < 1.29 is 0 Å². The minimum Gasteiger partial charge on any atom is -0.208 e. The molecule has 0 aliphatic heterocycles. The highest BCUT2D eigenvalue weighted by Gasteiger charge is 2.17. The first-order valence-corrected chi connectivity index (χ1v) is 16.6. The molecule has 0 N–H and O–H groups in total. The second-order valence-corrected chi connectivity index (χ2v) is 13.1. The van der Waals surface area contributed by atoms with Crippen LogP contribution in [0.1, 0.15) is 0 Å². The van der Waals surface area contributed by atoms with Crippen molar-refractivity contribution in [3.8, 4) is 34.2 Å². The topological polar surface area (TPSA) is 38.7 Å². The van der Waals surface area contributed by atoms with Crippen molar-refractivity contribution >= 4 is 74.6 Å². The molecule has 2 heterocycles. The van der Waals surface area contributed by atoms with Gasteiger partial charge in [-0.15, -0.1) is 11.3 Å². The summed E-state index contributed by atoms with van der Waals surface area (Å²) in [5, 5.41) is 12.3. The van der Waals surface area contributed by atoms with Crippen LogP contribution >= 0.6 is 11.3 Å². The van der Waals surface area contributed by atoms with Crippen molar-refractivity contribution in [2.75, 3.05) is 0 Å². The maximum atomic E-state index is 5.20. The minimum absolute atomic E-state index is 0.663. The van der Waals surface area contributed by atoms with Crippen LogP contribution < -0.4 is 0 Å². The Morgan fingerprint density at radius 1 is 0.340 bits per heavy atom. The highest BCUT2D eigenvalue weighted by molar-refractivity contribution is 7.25. The van der Waals surface area contributed by atoms with E-state index >= 15 is 0 Å². The first-order valence-electron chi connectivity index (χ1n) is 15.8. The van der Waals surface area contributed by atoms with E-state index in [0.29, 0.717) is 17.5 Å². The van der Waals surface area contributed by atoms with Crippen LogP contribution in [0.3, 0.4) is 0 Å². The first-order chi connectivity index (χ1) is 23.3. The van der Waals surface area contributed by atoms with Gasteiger partial charge in [0, 0.05) is 42.2 Å². The number of fused-ring (bicyclic) bond motifs is 10. The average Bonchev–Trinajstić information content (AvgIpc) is 3.52. The number of aromatic nitrogens is 3. The van der Waals surface area contributed by atoms with E-state index in [1.165, 1.54) is 52.5 Å². The minimum atomic E-state index is 0.663. The van der Waals surface area contributed by atoms with Gasteiger partial charge >= 0.3 is 0 Å². The van der Waals surface area contributed by atoms with Crippen LogP contribution in [0, 0.1) is 0 Å². The summed E-state index contributed by atoms with van der Waals surface area (Å²) in [6, 6.07) is 53.9. The number of hydrogen-bond donors (Lipinski definition) is 0. The van der Waals surface area contributed by atoms with Gasteiger partial charge in [-0.25, -0.2) is 15.0 Å². The van der Waals surface area contributed by atoms with E-state index in [0.717, 1.165) is 27.5 Å². The predicted molar refractivity (Wildman–Crippen MR) is 199 cm³/mol. The molecule has 0 bridgehead atoms.